The van der Waals surface area contributed by atoms with Crippen molar-refractivity contribution in [2.75, 3.05) is 13.2 Å². The third-order valence-corrected chi connectivity index (χ3v) is 4.09. The van der Waals surface area contributed by atoms with Crippen LogP contribution in [0.5, 0.6) is 0 Å². The summed E-state index contributed by atoms with van der Waals surface area (Å²) < 4.78 is 27.0. The van der Waals surface area contributed by atoms with Gasteiger partial charge >= 0.3 is 13.4 Å². The molecule has 0 saturated carbocycles. The van der Waals surface area contributed by atoms with E-state index < -0.39 is 13.4 Å². The highest BCUT2D eigenvalue weighted by atomic mass is 35.5. The number of rotatable bonds is 6. The maximum Gasteiger partial charge on any atom is 0.550 e. The first-order chi connectivity index (χ1) is 9.99. The summed E-state index contributed by atoms with van der Waals surface area (Å²) in [5, 5.41) is 7.95. The fourth-order valence-corrected chi connectivity index (χ4v) is 2.81. The van der Waals surface area contributed by atoms with Crippen LogP contribution in [0.25, 0.3) is 10.9 Å². The van der Waals surface area contributed by atoms with Crippen molar-refractivity contribution in [1.82, 2.24) is 15.2 Å². The van der Waals surface area contributed by atoms with Gasteiger partial charge in [0.05, 0.1) is 18.6 Å². The molecule has 0 aliphatic rings. The fourth-order valence-electron chi connectivity index (χ4n) is 1.55. The van der Waals surface area contributed by atoms with Crippen LogP contribution in [0.4, 0.5) is 0 Å². The Hall–Kier alpha value is -1.47. The maximum absolute atomic E-state index is 12.2. The lowest BCUT2D eigenvalue weighted by Gasteiger charge is -2.15. The van der Waals surface area contributed by atoms with Gasteiger partial charge in [0.25, 0.3) is 0 Å². The maximum atomic E-state index is 12.2. The van der Waals surface area contributed by atoms with E-state index in [2.05, 4.69) is 10.3 Å². The lowest BCUT2D eigenvalue weighted by molar-refractivity contribution is 0.0900. The van der Waals surface area contributed by atoms with Crippen molar-refractivity contribution >= 4 is 30.3 Å². The van der Waals surface area contributed by atoms with Crippen molar-refractivity contribution in [3.63, 3.8) is 0 Å². The molecule has 0 aliphatic carbocycles. The number of benzene rings is 1. The van der Waals surface area contributed by atoms with Gasteiger partial charge in [0.1, 0.15) is 5.52 Å². The minimum Gasteiger partial charge on any atom is -0.288 e. The molecule has 0 saturated heterocycles. The molecule has 1 aromatic carbocycles. The molecule has 21 heavy (non-hydrogen) atoms. The van der Waals surface area contributed by atoms with Gasteiger partial charge in [-0.15, -0.1) is 5.10 Å². The van der Waals surface area contributed by atoms with E-state index in [4.69, 9.17) is 25.3 Å². The molecule has 0 N–H and O–H groups in total. The predicted octanol–water partition coefficient (Wildman–Crippen LogP) is 2.05. The van der Waals surface area contributed by atoms with Crippen molar-refractivity contribution < 1.29 is 18.2 Å². The molecule has 0 radical (unpaired) electrons. The highest BCUT2D eigenvalue weighted by Gasteiger charge is 2.29. The molecular formula is C11H13ClN3O5P. The Morgan fingerprint density at radius 1 is 1.29 bits per heavy atom. The highest BCUT2D eigenvalue weighted by molar-refractivity contribution is 7.48. The number of aromatic nitrogens is 3. The average Bonchev–Trinajstić information content (AvgIpc) is 2.42. The molecule has 1 heterocycles. The zero-order valence-corrected chi connectivity index (χ0v) is 13.0. The van der Waals surface area contributed by atoms with Crippen LogP contribution in [0.3, 0.4) is 0 Å². The Labute approximate surface area is 125 Å². The number of hydrogen-bond acceptors (Lipinski definition) is 7. The second-order valence-corrected chi connectivity index (χ2v) is 5.80. The number of halogens is 1. The SMILES string of the molecule is CCOP(=O)(OCC)On1nnc2cc(Cl)ccc2c1=O. The van der Waals surface area contributed by atoms with Crippen molar-refractivity contribution in [1.29, 1.82) is 0 Å². The van der Waals surface area contributed by atoms with Gasteiger partial charge in [-0.2, -0.15) is 0 Å². The number of nitrogens with zero attached hydrogens (tertiary/aromatic N) is 3. The quantitative estimate of drug-likeness (QED) is 0.747. The van der Waals surface area contributed by atoms with E-state index in [0.717, 1.165) is 0 Å². The Morgan fingerprint density at radius 2 is 1.95 bits per heavy atom. The molecule has 0 amide bonds. The predicted molar refractivity (Wildman–Crippen MR) is 76.2 cm³/mol. The van der Waals surface area contributed by atoms with E-state index in [-0.39, 0.29) is 18.6 Å². The first-order valence-electron chi connectivity index (χ1n) is 6.13. The first-order valence-corrected chi connectivity index (χ1v) is 7.97. The lowest BCUT2D eigenvalue weighted by Crippen LogP contribution is -2.30. The molecule has 2 rings (SSSR count). The van der Waals surface area contributed by atoms with E-state index in [9.17, 15) is 9.36 Å². The second kappa shape index (κ2) is 6.53. The minimum atomic E-state index is -3.92. The monoisotopic (exact) mass is 333 g/mol. The van der Waals surface area contributed by atoms with Crippen molar-refractivity contribution in [3.05, 3.63) is 33.6 Å². The molecule has 114 valence electrons. The van der Waals surface area contributed by atoms with Gasteiger partial charge in [-0.25, -0.2) is 4.57 Å². The molecule has 0 unspecified atom stereocenters. The summed E-state index contributed by atoms with van der Waals surface area (Å²) in [4.78, 5) is 12.7. The molecule has 10 heteroatoms. The third kappa shape index (κ3) is 3.59. The van der Waals surface area contributed by atoms with Gasteiger partial charge in [0, 0.05) is 5.02 Å². The molecule has 0 aliphatic heterocycles. The van der Waals surface area contributed by atoms with E-state index in [1.807, 2.05) is 0 Å². The molecule has 0 fully saturated rings. The van der Waals surface area contributed by atoms with Crippen LogP contribution in [-0.2, 0) is 13.6 Å². The molecule has 2 aromatic rings. The molecule has 1 aromatic heterocycles. The number of hydrogen-bond donors (Lipinski definition) is 0. The van der Waals surface area contributed by atoms with E-state index in [1.54, 1.807) is 13.8 Å². The van der Waals surface area contributed by atoms with Crippen molar-refractivity contribution in [2.24, 2.45) is 0 Å². The van der Waals surface area contributed by atoms with Gasteiger partial charge in [0.15, 0.2) is 0 Å². The Bertz CT molecular complexity index is 740. The molecule has 0 atom stereocenters. The van der Waals surface area contributed by atoms with E-state index >= 15 is 0 Å². The van der Waals surface area contributed by atoms with Gasteiger partial charge in [0.2, 0.25) is 0 Å². The van der Waals surface area contributed by atoms with Crippen LogP contribution in [0, 0.1) is 0 Å². The van der Waals surface area contributed by atoms with Crippen LogP contribution < -0.4 is 10.2 Å². The van der Waals surface area contributed by atoms with Gasteiger partial charge in [-0.3, -0.25) is 18.5 Å². The summed E-state index contributed by atoms with van der Waals surface area (Å²) in [6.45, 7) is 3.41. The van der Waals surface area contributed by atoms with Crippen LogP contribution >= 0.6 is 19.4 Å². The first kappa shape index (κ1) is 15.9. The largest absolute Gasteiger partial charge is 0.550 e. The smallest absolute Gasteiger partial charge is 0.288 e. The molecule has 0 spiro atoms. The van der Waals surface area contributed by atoms with E-state index in [1.165, 1.54) is 18.2 Å². The summed E-state index contributed by atoms with van der Waals surface area (Å²) in [5.41, 5.74) is -0.341. The normalized spacial score (nSPS) is 11.8. The zero-order chi connectivity index (χ0) is 15.5. The van der Waals surface area contributed by atoms with Gasteiger partial charge in [-0.05, 0) is 42.1 Å². The van der Waals surface area contributed by atoms with Gasteiger partial charge < -0.3 is 0 Å². The average molecular weight is 334 g/mol. The van der Waals surface area contributed by atoms with Crippen LogP contribution in [0.15, 0.2) is 23.0 Å². The summed E-state index contributed by atoms with van der Waals surface area (Å²) in [7, 11) is -3.92. The second-order valence-electron chi connectivity index (χ2n) is 3.79. The summed E-state index contributed by atoms with van der Waals surface area (Å²) >= 11 is 5.81. The topological polar surface area (TPSA) is 92.5 Å². The summed E-state index contributed by atoms with van der Waals surface area (Å²) in [6, 6.07) is 4.49. The Kier molecular flexibility index (Phi) is 4.95. The Balaban J connectivity index is 2.43. The fraction of sp³-hybridized carbons (Fsp3) is 0.364. The molecule has 8 nitrogen and oxygen atoms in total. The van der Waals surface area contributed by atoms with Gasteiger partial charge in [-0.1, -0.05) is 11.6 Å². The third-order valence-electron chi connectivity index (χ3n) is 2.35. The summed E-state index contributed by atoms with van der Waals surface area (Å²) in [5.74, 6) is 0. The van der Waals surface area contributed by atoms with Crippen molar-refractivity contribution in [2.45, 2.75) is 13.8 Å². The number of phosphoric ester groups is 1. The molecule has 0 bridgehead atoms. The minimum absolute atomic E-state index is 0.0860. The Morgan fingerprint density at radius 3 is 2.57 bits per heavy atom. The standard InChI is InChI=1S/C11H13ClN3O5P/c1-3-18-21(17,19-4-2)20-15-11(16)9-6-5-8(12)7-10(9)13-14-15/h5-7H,3-4H2,1-2H3. The summed E-state index contributed by atoms with van der Waals surface area (Å²) in [6.07, 6.45) is 0. The zero-order valence-electron chi connectivity index (χ0n) is 11.4. The van der Waals surface area contributed by atoms with Crippen LogP contribution in [0.1, 0.15) is 13.8 Å². The number of fused-ring (bicyclic) bond motifs is 1. The van der Waals surface area contributed by atoms with Crippen LogP contribution in [0.2, 0.25) is 5.02 Å². The van der Waals surface area contributed by atoms with Crippen molar-refractivity contribution in [3.8, 4) is 0 Å². The highest BCUT2D eigenvalue weighted by Crippen LogP contribution is 2.45. The molecular weight excluding hydrogens is 321 g/mol. The number of phosphoric acid groups is 1. The van der Waals surface area contributed by atoms with Crippen LogP contribution in [-0.4, -0.2) is 28.4 Å². The van der Waals surface area contributed by atoms with E-state index in [0.29, 0.717) is 15.4 Å². The lowest BCUT2D eigenvalue weighted by atomic mass is 10.2.